The lowest BCUT2D eigenvalue weighted by Gasteiger charge is -2.22. The third-order valence-corrected chi connectivity index (χ3v) is 3.31. The van der Waals surface area contributed by atoms with Crippen LogP contribution < -0.4 is 5.32 Å². The van der Waals surface area contributed by atoms with Gasteiger partial charge in [0.1, 0.15) is 0 Å². The molecule has 1 aromatic carbocycles. The lowest BCUT2D eigenvalue weighted by Crippen LogP contribution is -2.29. The van der Waals surface area contributed by atoms with Gasteiger partial charge in [0.2, 0.25) is 0 Å². The number of ether oxygens (including phenoxy) is 1. The molecule has 0 radical (unpaired) electrons. The SMILES string of the molecule is CCCCCOC(CNC(C)C)c1ccccc1C. The molecule has 1 atom stereocenters. The molecule has 0 spiro atoms. The van der Waals surface area contributed by atoms with Crippen molar-refractivity contribution in [3.63, 3.8) is 0 Å². The first-order valence-electron chi connectivity index (χ1n) is 7.55. The molecule has 0 aliphatic heterocycles. The number of hydrogen-bond acceptors (Lipinski definition) is 2. The zero-order valence-electron chi connectivity index (χ0n) is 12.9. The normalized spacial score (nSPS) is 12.9. The summed E-state index contributed by atoms with van der Waals surface area (Å²) in [5, 5.41) is 3.49. The van der Waals surface area contributed by atoms with Gasteiger partial charge in [-0.2, -0.15) is 0 Å². The van der Waals surface area contributed by atoms with Crippen LogP contribution in [0.3, 0.4) is 0 Å². The van der Waals surface area contributed by atoms with Crippen LogP contribution in [0.4, 0.5) is 0 Å². The molecule has 0 aliphatic rings. The minimum atomic E-state index is 0.167. The standard InChI is InChI=1S/C17H29NO/c1-5-6-9-12-19-17(13-18-14(2)3)16-11-8-7-10-15(16)4/h7-8,10-11,14,17-18H,5-6,9,12-13H2,1-4H3. The quantitative estimate of drug-likeness (QED) is 0.673. The largest absolute Gasteiger partial charge is 0.372 e. The second-order valence-electron chi connectivity index (χ2n) is 5.49. The summed E-state index contributed by atoms with van der Waals surface area (Å²) in [6, 6.07) is 9.02. The molecular formula is C17H29NO. The van der Waals surface area contributed by atoms with Crippen molar-refractivity contribution in [1.82, 2.24) is 5.32 Å². The van der Waals surface area contributed by atoms with E-state index in [1.807, 2.05) is 0 Å². The summed E-state index contributed by atoms with van der Waals surface area (Å²) >= 11 is 0. The van der Waals surface area contributed by atoms with E-state index in [9.17, 15) is 0 Å². The predicted molar refractivity (Wildman–Crippen MR) is 82.5 cm³/mol. The van der Waals surface area contributed by atoms with Gasteiger partial charge in [0, 0.05) is 19.2 Å². The highest BCUT2D eigenvalue weighted by Crippen LogP contribution is 2.21. The van der Waals surface area contributed by atoms with Crippen molar-refractivity contribution in [2.45, 2.75) is 59.1 Å². The van der Waals surface area contributed by atoms with Crippen molar-refractivity contribution in [2.24, 2.45) is 0 Å². The second-order valence-corrected chi connectivity index (χ2v) is 5.49. The molecule has 0 aromatic heterocycles. The van der Waals surface area contributed by atoms with Crippen LogP contribution in [0.1, 0.15) is 57.3 Å². The van der Waals surface area contributed by atoms with Gasteiger partial charge in [0.15, 0.2) is 0 Å². The average Bonchev–Trinajstić information content (AvgIpc) is 2.39. The molecule has 0 bridgehead atoms. The van der Waals surface area contributed by atoms with Gasteiger partial charge >= 0.3 is 0 Å². The number of aryl methyl sites for hydroxylation is 1. The van der Waals surface area contributed by atoms with E-state index in [4.69, 9.17) is 4.74 Å². The van der Waals surface area contributed by atoms with Gasteiger partial charge in [-0.1, -0.05) is 57.9 Å². The molecule has 108 valence electrons. The van der Waals surface area contributed by atoms with Gasteiger partial charge in [-0.05, 0) is 24.5 Å². The van der Waals surface area contributed by atoms with Crippen molar-refractivity contribution in [3.05, 3.63) is 35.4 Å². The summed E-state index contributed by atoms with van der Waals surface area (Å²) in [6.45, 7) is 10.5. The molecular weight excluding hydrogens is 234 g/mol. The Labute approximate surface area is 118 Å². The molecule has 2 heteroatoms. The summed E-state index contributed by atoms with van der Waals surface area (Å²) in [4.78, 5) is 0. The predicted octanol–water partition coefficient (Wildman–Crippen LogP) is 4.24. The van der Waals surface area contributed by atoms with E-state index in [1.54, 1.807) is 0 Å². The minimum absolute atomic E-state index is 0.167. The molecule has 0 amide bonds. The Morgan fingerprint density at radius 1 is 1.16 bits per heavy atom. The van der Waals surface area contributed by atoms with Crippen molar-refractivity contribution in [1.29, 1.82) is 0 Å². The van der Waals surface area contributed by atoms with E-state index in [-0.39, 0.29) is 6.10 Å². The fraction of sp³-hybridized carbons (Fsp3) is 0.647. The van der Waals surface area contributed by atoms with E-state index >= 15 is 0 Å². The monoisotopic (exact) mass is 263 g/mol. The molecule has 0 fully saturated rings. The highest BCUT2D eigenvalue weighted by atomic mass is 16.5. The van der Waals surface area contributed by atoms with Crippen LogP contribution in [0, 0.1) is 6.92 Å². The van der Waals surface area contributed by atoms with Crippen LogP contribution in [0.5, 0.6) is 0 Å². The molecule has 2 nitrogen and oxygen atoms in total. The van der Waals surface area contributed by atoms with E-state index in [0.717, 1.165) is 19.6 Å². The first kappa shape index (κ1) is 16.2. The molecule has 0 saturated carbocycles. The van der Waals surface area contributed by atoms with Gasteiger partial charge < -0.3 is 10.1 Å². The van der Waals surface area contributed by atoms with E-state index in [0.29, 0.717) is 6.04 Å². The van der Waals surface area contributed by atoms with Gasteiger partial charge in [0.05, 0.1) is 6.10 Å². The Morgan fingerprint density at radius 2 is 1.89 bits per heavy atom. The minimum Gasteiger partial charge on any atom is -0.372 e. The summed E-state index contributed by atoms with van der Waals surface area (Å²) in [7, 11) is 0. The highest BCUT2D eigenvalue weighted by Gasteiger charge is 2.14. The molecule has 0 heterocycles. The summed E-state index contributed by atoms with van der Waals surface area (Å²) in [5.41, 5.74) is 2.63. The average molecular weight is 263 g/mol. The fourth-order valence-electron chi connectivity index (χ4n) is 2.13. The summed E-state index contributed by atoms with van der Waals surface area (Å²) < 4.78 is 6.10. The maximum absolute atomic E-state index is 6.10. The number of hydrogen-bond donors (Lipinski definition) is 1. The Balaban J connectivity index is 2.60. The van der Waals surface area contributed by atoms with Crippen molar-refractivity contribution in [3.8, 4) is 0 Å². The number of nitrogens with one attached hydrogen (secondary N) is 1. The van der Waals surface area contributed by atoms with Gasteiger partial charge in [-0.15, -0.1) is 0 Å². The van der Waals surface area contributed by atoms with Crippen LogP contribution in [0.15, 0.2) is 24.3 Å². The number of benzene rings is 1. The maximum Gasteiger partial charge on any atom is 0.0951 e. The van der Waals surface area contributed by atoms with Crippen LogP contribution in [0.2, 0.25) is 0 Å². The first-order valence-corrected chi connectivity index (χ1v) is 7.55. The summed E-state index contributed by atoms with van der Waals surface area (Å²) in [5.74, 6) is 0. The number of unbranched alkanes of at least 4 members (excludes halogenated alkanes) is 2. The van der Waals surface area contributed by atoms with Crippen molar-refractivity contribution < 1.29 is 4.74 Å². The molecule has 1 aromatic rings. The van der Waals surface area contributed by atoms with Gasteiger partial charge in [-0.25, -0.2) is 0 Å². The molecule has 1 N–H and O–H groups in total. The van der Waals surface area contributed by atoms with Crippen LogP contribution in [0.25, 0.3) is 0 Å². The van der Waals surface area contributed by atoms with E-state index < -0.39 is 0 Å². The second kappa shape index (κ2) is 9.11. The summed E-state index contributed by atoms with van der Waals surface area (Å²) in [6.07, 6.45) is 3.81. The molecule has 0 saturated heterocycles. The fourth-order valence-corrected chi connectivity index (χ4v) is 2.13. The van der Waals surface area contributed by atoms with Crippen molar-refractivity contribution in [2.75, 3.05) is 13.2 Å². The van der Waals surface area contributed by atoms with Gasteiger partial charge in [0.25, 0.3) is 0 Å². The topological polar surface area (TPSA) is 21.3 Å². The lowest BCUT2D eigenvalue weighted by atomic mass is 10.0. The van der Waals surface area contributed by atoms with Gasteiger partial charge in [-0.3, -0.25) is 0 Å². The highest BCUT2D eigenvalue weighted by molar-refractivity contribution is 5.28. The molecule has 0 aliphatic carbocycles. The molecule has 1 unspecified atom stereocenters. The maximum atomic E-state index is 6.10. The van der Waals surface area contributed by atoms with E-state index in [1.165, 1.54) is 24.0 Å². The Hall–Kier alpha value is -0.860. The molecule has 1 rings (SSSR count). The zero-order valence-corrected chi connectivity index (χ0v) is 12.9. The number of rotatable bonds is 9. The van der Waals surface area contributed by atoms with E-state index in [2.05, 4.69) is 57.3 Å². The smallest absolute Gasteiger partial charge is 0.0951 e. The first-order chi connectivity index (χ1) is 9.15. The van der Waals surface area contributed by atoms with Crippen molar-refractivity contribution >= 4 is 0 Å². The molecule has 19 heavy (non-hydrogen) atoms. The Bertz CT molecular complexity index is 349. The Morgan fingerprint density at radius 3 is 2.53 bits per heavy atom. The third kappa shape index (κ3) is 6.22. The van der Waals surface area contributed by atoms with Crippen LogP contribution >= 0.6 is 0 Å². The lowest BCUT2D eigenvalue weighted by molar-refractivity contribution is 0.0484. The third-order valence-electron chi connectivity index (χ3n) is 3.31. The zero-order chi connectivity index (χ0) is 14.1. The van der Waals surface area contributed by atoms with Crippen LogP contribution in [-0.4, -0.2) is 19.2 Å². The Kier molecular flexibility index (Phi) is 7.76. The van der Waals surface area contributed by atoms with Crippen LogP contribution in [-0.2, 0) is 4.74 Å².